The fourth-order valence-electron chi connectivity index (χ4n) is 2.37. The standard InChI is InChI=1S/C17H20N4O3S3/c1-21(9-8-18-27(22,23)16-7-4-10-25-16)17-19-15(20-26-17)12-13-5-3-6-14(11-13)24-2/h3-7,10-11,18H,8-9,12H2,1-2H3. The van der Waals surface area contributed by atoms with Gasteiger partial charge < -0.3 is 9.64 Å². The highest BCUT2D eigenvalue weighted by molar-refractivity contribution is 7.91. The number of methoxy groups -OCH3 is 1. The molecule has 3 aromatic rings. The Labute approximate surface area is 166 Å². The number of likely N-dealkylation sites (N-methyl/N-ethyl adjacent to an activating group) is 1. The van der Waals surface area contributed by atoms with Gasteiger partial charge in [-0.05, 0) is 29.1 Å². The van der Waals surface area contributed by atoms with E-state index in [1.807, 2.05) is 36.2 Å². The molecule has 0 unspecified atom stereocenters. The van der Waals surface area contributed by atoms with Crippen LogP contribution in [0.4, 0.5) is 5.13 Å². The normalized spacial score (nSPS) is 11.5. The first-order chi connectivity index (χ1) is 13.0. The second kappa shape index (κ2) is 8.79. The fourth-order valence-corrected chi connectivity index (χ4v) is 5.10. The fraction of sp³-hybridized carbons (Fsp3) is 0.294. The molecule has 0 bridgehead atoms. The summed E-state index contributed by atoms with van der Waals surface area (Å²) in [5.41, 5.74) is 1.07. The van der Waals surface area contributed by atoms with Crippen molar-refractivity contribution >= 4 is 38.0 Å². The molecule has 0 atom stereocenters. The molecule has 10 heteroatoms. The number of benzene rings is 1. The minimum absolute atomic E-state index is 0.293. The highest BCUT2D eigenvalue weighted by atomic mass is 32.2. The van der Waals surface area contributed by atoms with Gasteiger partial charge >= 0.3 is 0 Å². The van der Waals surface area contributed by atoms with Crippen LogP contribution in [0, 0.1) is 0 Å². The van der Waals surface area contributed by atoms with Gasteiger partial charge in [0.15, 0.2) is 0 Å². The molecule has 1 aromatic carbocycles. The summed E-state index contributed by atoms with van der Waals surface area (Å²) in [6, 6.07) is 11.1. The molecule has 1 N–H and O–H groups in total. The van der Waals surface area contributed by atoms with Crippen LogP contribution in [0.25, 0.3) is 0 Å². The third-order valence-corrected chi connectivity index (χ3v) is 7.51. The molecule has 7 nitrogen and oxygen atoms in total. The zero-order valence-electron chi connectivity index (χ0n) is 15.0. The average molecular weight is 425 g/mol. The molecule has 144 valence electrons. The van der Waals surface area contributed by atoms with Crippen molar-refractivity contribution in [1.29, 1.82) is 0 Å². The van der Waals surface area contributed by atoms with Crippen molar-refractivity contribution in [2.75, 3.05) is 32.1 Å². The third-order valence-electron chi connectivity index (χ3n) is 3.78. The van der Waals surface area contributed by atoms with E-state index in [1.54, 1.807) is 24.6 Å². The van der Waals surface area contributed by atoms with Crippen LogP contribution in [-0.4, -0.2) is 45.0 Å². The minimum atomic E-state index is -3.44. The maximum atomic E-state index is 12.1. The molecule has 0 spiro atoms. The number of rotatable bonds is 9. The van der Waals surface area contributed by atoms with E-state index in [0.717, 1.165) is 22.3 Å². The molecule has 0 fully saturated rings. The second-order valence-corrected chi connectivity index (χ2v) is 9.44. The summed E-state index contributed by atoms with van der Waals surface area (Å²) in [6.07, 6.45) is 0.618. The first kappa shape index (κ1) is 19.7. The Bertz CT molecular complexity index is 971. The lowest BCUT2D eigenvalue weighted by Crippen LogP contribution is -2.32. The molecular formula is C17H20N4O3S3. The number of hydrogen-bond acceptors (Lipinski definition) is 8. The van der Waals surface area contributed by atoms with Crippen LogP contribution in [0.3, 0.4) is 0 Å². The molecule has 0 saturated heterocycles. The lowest BCUT2D eigenvalue weighted by Gasteiger charge is -2.15. The zero-order chi connectivity index (χ0) is 19.3. The first-order valence-electron chi connectivity index (χ1n) is 8.18. The summed E-state index contributed by atoms with van der Waals surface area (Å²) in [4.78, 5) is 6.44. The molecule has 0 aliphatic heterocycles. The van der Waals surface area contributed by atoms with Crippen molar-refractivity contribution in [3.05, 3.63) is 53.2 Å². The molecule has 0 saturated carbocycles. The smallest absolute Gasteiger partial charge is 0.250 e. The molecule has 27 heavy (non-hydrogen) atoms. The number of nitrogens with one attached hydrogen (secondary N) is 1. The van der Waals surface area contributed by atoms with Gasteiger partial charge in [-0.2, -0.15) is 4.37 Å². The van der Waals surface area contributed by atoms with Crippen LogP contribution in [0.5, 0.6) is 5.75 Å². The Morgan fingerprint density at radius 1 is 1.26 bits per heavy atom. The van der Waals surface area contributed by atoms with E-state index in [0.29, 0.717) is 23.7 Å². The number of thiophene rings is 1. The van der Waals surface area contributed by atoms with Gasteiger partial charge in [-0.3, -0.25) is 0 Å². The van der Waals surface area contributed by atoms with Gasteiger partial charge in [-0.1, -0.05) is 18.2 Å². The quantitative estimate of drug-likeness (QED) is 0.568. The van der Waals surface area contributed by atoms with Crippen LogP contribution in [-0.2, 0) is 16.4 Å². The summed E-state index contributed by atoms with van der Waals surface area (Å²) in [5.74, 6) is 1.53. The predicted octanol–water partition coefficient (Wildman–Crippen LogP) is 2.61. The molecule has 0 aliphatic rings. The van der Waals surface area contributed by atoms with Crippen molar-refractivity contribution in [3.63, 3.8) is 0 Å². The van der Waals surface area contributed by atoms with Gasteiger partial charge in [0.05, 0.1) is 7.11 Å². The summed E-state index contributed by atoms with van der Waals surface area (Å²) in [7, 11) is 0.0696. The highest BCUT2D eigenvalue weighted by Crippen LogP contribution is 2.20. The highest BCUT2D eigenvalue weighted by Gasteiger charge is 2.15. The molecular weight excluding hydrogens is 404 g/mol. The lowest BCUT2D eigenvalue weighted by atomic mass is 10.1. The Balaban J connectivity index is 1.54. The van der Waals surface area contributed by atoms with E-state index in [2.05, 4.69) is 14.1 Å². The van der Waals surface area contributed by atoms with Crippen molar-refractivity contribution in [1.82, 2.24) is 14.1 Å². The molecule has 0 amide bonds. The van der Waals surface area contributed by atoms with E-state index in [9.17, 15) is 8.42 Å². The number of sulfonamides is 1. The summed E-state index contributed by atoms with van der Waals surface area (Å²) in [6.45, 7) is 0.792. The second-order valence-electron chi connectivity index (χ2n) is 5.77. The molecule has 2 aromatic heterocycles. The Morgan fingerprint density at radius 2 is 2.11 bits per heavy atom. The van der Waals surface area contributed by atoms with Gasteiger partial charge in [0.1, 0.15) is 15.8 Å². The van der Waals surface area contributed by atoms with E-state index >= 15 is 0 Å². The summed E-state index contributed by atoms with van der Waals surface area (Å²) >= 11 is 2.50. The van der Waals surface area contributed by atoms with Crippen molar-refractivity contribution in [3.8, 4) is 5.75 Å². The monoisotopic (exact) mass is 424 g/mol. The van der Waals surface area contributed by atoms with E-state index in [4.69, 9.17) is 4.74 Å². The molecule has 0 aliphatic carbocycles. The van der Waals surface area contributed by atoms with Crippen LogP contribution < -0.4 is 14.4 Å². The van der Waals surface area contributed by atoms with Crippen molar-refractivity contribution < 1.29 is 13.2 Å². The summed E-state index contributed by atoms with van der Waals surface area (Å²) < 4.78 is 36.8. The van der Waals surface area contributed by atoms with E-state index in [1.165, 1.54) is 22.9 Å². The topological polar surface area (TPSA) is 84.4 Å². The number of nitrogens with zero attached hydrogens (tertiary/aromatic N) is 3. The minimum Gasteiger partial charge on any atom is -0.497 e. The number of aromatic nitrogens is 2. The molecule has 0 radical (unpaired) electrons. The van der Waals surface area contributed by atoms with Crippen molar-refractivity contribution in [2.45, 2.75) is 10.6 Å². The lowest BCUT2D eigenvalue weighted by molar-refractivity contribution is 0.414. The SMILES string of the molecule is COc1cccc(Cc2nsc(N(C)CCNS(=O)(=O)c3cccs3)n2)c1. The van der Waals surface area contributed by atoms with Gasteiger partial charge in [-0.15, -0.1) is 11.3 Å². The van der Waals surface area contributed by atoms with Crippen LogP contribution >= 0.6 is 22.9 Å². The van der Waals surface area contributed by atoms with Gasteiger partial charge in [0.2, 0.25) is 15.2 Å². The van der Waals surface area contributed by atoms with Crippen molar-refractivity contribution in [2.24, 2.45) is 0 Å². The third kappa shape index (κ3) is 5.25. The number of hydrogen-bond donors (Lipinski definition) is 1. The largest absolute Gasteiger partial charge is 0.497 e. The Kier molecular flexibility index (Phi) is 6.42. The Morgan fingerprint density at radius 3 is 2.85 bits per heavy atom. The maximum Gasteiger partial charge on any atom is 0.250 e. The summed E-state index contributed by atoms with van der Waals surface area (Å²) in [5, 5.41) is 2.49. The van der Waals surface area contributed by atoms with Crippen LogP contribution in [0.2, 0.25) is 0 Å². The van der Waals surface area contributed by atoms with Gasteiger partial charge in [0, 0.05) is 38.1 Å². The average Bonchev–Trinajstić information content (AvgIpc) is 3.34. The van der Waals surface area contributed by atoms with Crippen LogP contribution in [0.15, 0.2) is 46.0 Å². The molecule has 2 heterocycles. The van der Waals surface area contributed by atoms with Gasteiger partial charge in [0.25, 0.3) is 0 Å². The number of anilines is 1. The predicted molar refractivity (Wildman–Crippen MR) is 108 cm³/mol. The van der Waals surface area contributed by atoms with E-state index in [-0.39, 0.29) is 0 Å². The zero-order valence-corrected chi connectivity index (χ0v) is 17.4. The first-order valence-corrected chi connectivity index (χ1v) is 11.3. The van der Waals surface area contributed by atoms with Crippen LogP contribution in [0.1, 0.15) is 11.4 Å². The maximum absolute atomic E-state index is 12.1. The number of ether oxygens (including phenoxy) is 1. The van der Waals surface area contributed by atoms with E-state index < -0.39 is 10.0 Å². The molecule has 3 rings (SSSR count). The van der Waals surface area contributed by atoms with Gasteiger partial charge in [-0.25, -0.2) is 18.1 Å². The Hall–Kier alpha value is -2.01.